The molecule has 6 rings (SSSR count). The molecule has 0 fully saturated rings. The number of benzene rings is 3. The summed E-state index contributed by atoms with van der Waals surface area (Å²) in [6.07, 6.45) is 2.21. The Morgan fingerprint density at radius 3 is 2.58 bits per heavy atom. The molecule has 2 heteroatoms. The summed E-state index contributed by atoms with van der Waals surface area (Å²) >= 11 is 0. The molecule has 0 unspecified atom stereocenters. The third-order valence-corrected chi connectivity index (χ3v) is 6.26. The lowest BCUT2D eigenvalue weighted by atomic mass is 9.35. The van der Waals surface area contributed by atoms with E-state index in [9.17, 15) is 0 Å². The van der Waals surface area contributed by atoms with Gasteiger partial charge >= 0.3 is 0 Å². The van der Waals surface area contributed by atoms with E-state index in [0.717, 1.165) is 0 Å². The third kappa shape index (κ3) is 1.56. The minimum absolute atomic E-state index is 0.355. The lowest BCUT2D eigenvalue weighted by Gasteiger charge is -2.24. The van der Waals surface area contributed by atoms with E-state index in [0.29, 0.717) is 6.71 Å². The van der Waals surface area contributed by atoms with Gasteiger partial charge in [-0.05, 0) is 41.4 Å². The summed E-state index contributed by atoms with van der Waals surface area (Å²) in [6.45, 7) is 4.83. The first-order valence-electron chi connectivity index (χ1n) is 9.31. The van der Waals surface area contributed by atoms with E-state index in [-0.39, 0.29) is 0 Å². The Hall–Kier alpha value is -2.87. The monoisotopic (exact) mass is 332 g/mol. The maximum atomic E-state index is 2.41. The quantitative estimate of drug-likeness (QED) is 0.297. The van der Waals surface area contributed by atoms with Gasteiger partial charge in [0.1, 0.15) is 7.05 Å². The van der Waals surface area contributed by atoms with Gasteiger partial charge in [-0.25, -0.2) is 4.57 Å². The Labute approximate surface area is 154 Å². The van der Waals surface area contributed by atoms with Gasteiger partial charge in [0, 0.05) is 17.0 Å². The summed E-state index contributed by atoms with van der Waals surface area (Å²) in [4.78, 5) is 0. The van der Waals surface area contributed by atoms with Gasteiger partial charge in [-0.2, -0.15) is 0 Å². The molecule has 0 radical (unpaired) electrons. The van der Waals surface area contributed by atoms with Crippen molar-refractivity contribution in [3.8, 4) is 22.4 Å². The third-order valence-electron chi connectivity index (χ3n) is 6.26. The van der Waals surface area contributed by atoms with Crippen LogP contribution < -0.4 is 21.0 Å². The molecule has 4 aromatic rings. The van der Waals surface area contributed by atoms with E-state index in [4.69, 9.17) is 0 Å². The second-order valence-corrected chi connectivity index (χ2v) is 7.83. The Morgan fingerprint density at radius 2 is 1.69 bits per heavy atom. The highest BCUT2D eigenvalue weighted by Crippen LogP contribution is 2.36. The van der Waals surface area contributed by atoms with Crippen molar-refractivity contribution >= 4 is 33.9 Å². The average molecular weight is 332 g/mol. The number of aryl methyl sites for hydroxylation is 3. The lowest BCUT2D eigenvalue weighted by molar-refractivity contribution is -0.659. The highest BCUT2D eigenvalue weighted by atomic mass is 14.9. The molecule has 122 valence electrons. The van der Waals surface area contributed by atoms with Gasteiger partial charge in [0.15, 0.2) is 6.20 Å². The fourth-order valence-electron chi connectivity index (χ4n) is 5.27. The van der Waals surface area contributed by atoms with Gasteiger partial charge in [0.05, 0.1) is 0 Å². The van der Waals surface area contributed by atoms with E-state index < -0.39 is 0 Å². The fourth-order valence-corrected chi connectivity index (χ4v) is 5.27. The molecule has 0 spiro atoms. The number of nitrogens with zero attached hydrogens (tertiary/aromatic N) is 1. The van der Waals surface area contributed by atoms with Crippen molar-refractivity contribution in [2.45, 2.75) is 13.8 Å². The van der Waals surface area contributed by atoms with Crippen LogP contribution in [-0.4, -0.2) is 6.71 Å². The summed E-state index contributed by atoms with van der Waals surface area (Å²) < 4.78 is 2.31. The number of pyridine rings is 1. The number of fused-ring (bicyclic) bond motifs is 5. The maximum Gasteiger partial charge on any atom is 0.245 e. The molecule has 0 aliphatic carbocycles. The number of hydrogen-bond acceptors (Lipinski definition) is 0. The summed E-state index contributed by atoms with van der Waals surface area (Å²) in [5.41, 5.74) is 12.8. The van der Waals surface area contributed by atoms with Crippen LogP contribution in [0.4, 0.5) is 0 Å². The first-order valence-corrected chi connectivity index (χ1v) is 9.31. The zero-order chi connectivity index (χ0) is 17.6. The van der Waals surface area contributed by atoms with Crippen molar-refractivity contribution in [1.82, 2.24) is 0 Å². The Kier molecular flexibility index (Phi) is 2.56. The van der Waals surface area contributed by atoms with Gasteiger partial charge in [0.25, 0.3) is 0 Å². The predicted molar refractivity (Wildman–Crippen MR) is 110 cm³/mol. The Bertz CT molecular complexity index is 1270. The van der Waals surface area contributed by atoms with Gasteiger partial charge < -0.3 is 0 Å². The first kappa shape index (κ1) is 14.3. The largest absolute Gasteiger partial charge is 0.245 e. The summed E-state index contributed by atoms with van der Waals surface area (Å²) in [5.74, 6) is 0. The Morgan fingerprint density at radius 1 is 0.846 bits per heavy atom. The topological polar surface area (TPSA) is 3.88 Å². The molecular weight excluding hydrogens is 313 g/mol. The van der Waals surface area contributed by atoms with Crippen molar-refractivity contribution in [2.75, 3.05) is 0 Å². The molecule has 1 nitrogen and oxygen atoms in total. The first-order chi connectivity index (χ1) is 12.6. The summed E-state index contributed by atoms with van der Waals surface area (Å²) in [6, 6.07) is 20.6. The Balaban J connectivity index is 1.92. The van der Waals surface area contributed by atoms with E-state index >= 15 is 0 Å². The number of hydrogen-bond donors (Lipinski definition) is 0. The van der Waals surface area contributed by atoms with E-state index in [1.165, 1.54) is 60.7 Å². The van der Waals surface area contributed by atoms with Crippen LogP contribution in [-0.2, 0) is 7.05 Å². The van der Waals surface area contributed by atoms with Crippen LogP contribution in [0, 0.1) is 13.8 Å². The van der Waals surface area contributed by atoms with Crippen molar-refractivity contribution in [2.24, 2.45) is 7.05 Å². The molecule has 0 atom stereocenters. The van der Waals surface area contributed by atoms with Crippen molar-refractivity contribution in [3.05, 3.63) is 71.9 Å². The molecule has 1 aromatic heterocycles. The molecule has 0 bridgehead atoms. The molecule has 3 heterocycles. The van der Waals surface area contributed by atoms with Crippen LogP contribution in [0.5, 0.6) is 0 Å². The van der Waals surface area contributed by atoms with Crippen LogP contribution in [0.3, 0.4) is 0 Å². The number of rotatable bonds is 0. The minimum atomic E-state index is 0.355. The van der Waals surface area contributed by atoms with E-state index in [2.05, 4.69) is 86.3 Å². The van der Waals surface area contributed by atoms with Crippen LogP contribution in [0.25, 0.3) is 33.2 Å². The summed E-state index contributed by atoms with van der Waals surface area (Å²) in [5, 5.41) is 2.78. The zero-order valence-corrected chi connectivity index (χ0v) is 15.3. The van der Waals surface area contributed by atoms with Crippen molar-refractivity contribution < 1.29 is 4.57 Å². The molecule has 26 heavy (non-hydrogen) atoms. The molecule has 2 aliphatic heterocycles. The molecule has 0 amide bonds. The zero-order valence-electron chi connectivity index (χ0n) is 15.3. The maximum absolute atomic E-state index is 2.41. The molecule has 2 aliphatic rings. The normalized spacial score (nSPS) is 13.1. The fraction of sp³-hybridized carbons (Fsp3) is 0.125. The standard InChI is InChI=1S/C24H19BN/c1-14-12-16-10-11-26(3)24-21-15(2)8-9-18-17-6-4-5-7-19(17)25(23(18)21)20(13-14)22(16)24/h4-13H,1-3H3/q+1. The summed E-state index contributed by atoms with van der Waals surface area (Å²) in [7, 11) is 2.18. The van der Waals surface area contributed by atoms with Crippen molar-refractivity contribution in [1.29, 1.82) is 0 Å². The van der Waals surface area contributed by atoms with Crippen LogP contribution >= 0.6 is 0 Å². The number of aromatic nitrogens is 1. The molecule has 0 saturated carbocycles. The van der Waals surface area contributed by atoms with Gasteiger partial charge in [-0.1, -0.05) is 65.0 Å². The highest BCUT2D eigenvalue weighted by molar-refractivity contribution is 7.01. The van der Waals surface area contributed by atoms with Crippen molar-refractivity contribution in [3.63, 3.8) is 0 Å². The minimum Gasteiger partial charge on any atom is -0.200 e. The van der Waals surface area contributed by atoms with Gasteiger partial charge in [0.2, 0.25) is 12.4 Å². The molecule has 0 N–H and O–H groups in total. The van der Waals surface area contributed by atoms with E-state index in [1.807, 2.05) is 0 Å². The molecule has 0 saturated heterocycles. The van der Waals surface area contributed by atoms with Crippen LogP contribution in [0.2, 0.25) is 0 Å². The highest BCUT2D eigenvalue weighted by Gasteiger charge is 2.43. The van der Waals surface area contributed by atoms with E-state index in [1.54, 1.807) is 0 Å². The SMILES string of the molecule is Cc1cc2c3c([n+](C)ccc3c1)-c1c(C)ccc3c1B2c1ccccc1-3. The average Bonchev–Trinajstić information content (AvgIpc) is 2.97. The lowest BCUT2D eigenvalue weighted by Crippen LogP contribution is -2.54. The predicted octanol–water partition coefficient (Wildman–Crippen LogP) is 2.76. The van der Waals surface area contributed by atoms with Gasteiger partial charge in [-0.15, -0.1) is 0 Å². The van der Waals surface area contributed by atoms with Crippen LogP contribution in [0.1, 0.15) is 11.1 Å². The van der Waals surface area contributed by atoms with Crippen LogP contribution in [0.15, 0.2) is 60.8 Å². The second-order valence-electron chi connectivity index (χ2n) is 7.83. The smallest absolute Gasteiger partial charge is 0.200 e. The second kappa shape index (κ2) is 4.65. The van der Waals surface area contributed by atoms with Gasteiger partial charge in [-0.3, -0.25) is 0 Å². The molecule has 3 aromatic carbocycles. The molecular formula is C24H19BN+.